The average Bonchev–Trinajstić information content (AvgIpc) is 2.49. The molecule has 4 nitrogen and oxygen atoms in total. The summed E-state index contributed by atoms with van der Waals surface area (Å²) in [5.74, 6) is 1.01. The number of nitrogens with zero attached hydrogens (tertiary/aromatic N) is 2. The number of methoxy groups -OCH3 is 1. The lowest BCUT2D eigenvalue weighted by molar-refractivity contribution is 0.416. The highest BCUT2D eigenvalue weighted by molar-refractivity contribution is 5.82. The highest BCUT2D eigenvalue weighted by Crippen LogP contribution is 2.37. The second-order valence-electron chi connectivity index (χ2n) is 4.87. The van der Waals surface area contributed by atoms with Crippen LogP contribution in [0.25, 0.3) is 11.1 Å². The number of hydrogen-bond acceptors (Lipinski definition) is 4. The zero-order chi connectivity index (χ0) is 15.4. The van der Waals surface area contributed by atoms with Gasteiger partial charge in [-0.25, -0.2) is 4.98 Å². The molecule has 0 amide bonds. The van der Waals surface area contributed by atoms with Crippen LogP contribution in [0.5, 0.6) is 5.75 Å². The van der Waals surface area contributed by atoms with Gasteiger partial charge in [-0.3, -0.25) is 0 Å². The van der Waals surface area contributed by atoms with Gasteiger partial charge < -0.3 is 10.5 Å². The topological polar surface area (TPSA) is 71.9 Å². The van der Waals surface area contributed by atoms with E-state index in [1.165, 1.54) is 0 Å². The van der Waals surface area contributed by atoms with Gasteiger partial charge in [0.1, 0.15) is 23.2 Å². The molecule has 1 aromatic carbocycles. The predicted molar refractivity (Wildman–Crippen MR) is 84.1 cm³/mol. The van der Waals surface area contributed by atoms with Crippen molar-refractivity contribution in [2.75, 3.05) is 12.8 Å². The van der Waals surface area contributed by atoms with Crippen molar-refractivity contribution in [2.45, 2.75) is 26.7 Å². The van der Waals surface area contributed by atoms with Crippen LogP contribution in [0.4, 0.5) is 5.82 Å². The van der Waals surface area contributed by atoms with Crippen molar-refractivity contribution in [3.05, 3.63) is 41.1 Å². The Morgan fingerprint density at radius 1 is 1.33 bits per heavy atom. The number of aromatic nitrogens is 1. The highest BCUT2D eigenvalue weighted by atomic mass is 16.5. The lowest BCUT2D eigenvalue weighted by Gasteiger charge is -2.17. The van der Waals surface area contributed by atoms with Crippen molar-refractivity contribution in [3.63, 3.8) is 0 Å². The number of nitriles is 1. The molecule has 0 fully saturated rings. The van der Waals surface area contributed by atoms with Gasteiger partial charge in [-0.15, -0.1) is 0 Å². The zero-order valence-corrected chi connectivity index (χ0v) is 12.6. The van der Waals surface area contributed by atoms with E-state index in [4.69, 9.17) is 10.5 Å². The Morgan fingerprint density at radius 2 is 2.05 bits per heavy atom. The van der Waals surface area contributed by atoms with Crippen LogP contribution in [-0.2, 0) is 6.42 Å². The Labute approximate surface area is 125 Å². The number of aryl methyl sites for hydroxylation is 1. The summed E-state index contributed by atoms with van der Waals surface area (Å²) in [5.41, 5.74) is 10.0. The number of pyridine rings is 1. The van der Waals surface area contributed by atoms with Crippen LogP contribution in [0.2, 0.25) is 0 Å². The first-order valence-electron chi connectivity index (χ1n) is 6.96. The fourth-order valence-electron chi connectivity index (χ4n) is 2.58. The predicted octanol–water partition coefficient (Wildman–Crippen LogP) is 3.47. The minimum Gasteiger partial charge on any atom is -0.496 e. The fraction of sp³-hybridized carbons (Fsp3) is 0.294. The maximum absolute atomic E-state index is 9.50. The third kappa shape index (κ3) is 2.68. The van der Waals surface area contributed by atoms with Crippen molar-refractivity contribution in [1.29, 1.82) is 5.26 Å². The second-order valence-corrected chi connectivity index (χ2v) is 4.87. The van der Waals surface area contributed by atoms with Crippen molar-refractivity contribution < 1.29 is 4.74 Å². The molecule has 0 atom stereocenters. The third-order valence-electron chi connectivity index (χ3n) is 3.52. The average molecular weight is 281 g/mol. The van der Waals surface area contributed by atoms with Crippen LogP contribution in [0, 0.1) is 18.3 Å². The number of nitrogen functional groups attached to an aromatic ring is 1. The van der Waals surface area contributed by atoms with E-state index in [0.29, 0.717) is 5.56 Å². The number of anilines is 1. The Hall–Kier alpha value is -2.54. The molecule has 0 spiro atoms. The molecule has 0 unspecified atom stereocenters. The molecule has 0 radical (unpaired) electrons. The van der Waals surface area contributed by atoms with Crippen molar-refractivity contribution in [1.82, 2.24) is 4.98 Å². The molecular weight excluding hydrogens is 262 g/mol. The second kappa shape index (κ2) is 6.27. The van der Waals surface area contributed by atoms with E-state index in [0.717, 1.165) is 41.0 Å². The van der Waals surface area contributed by atoms with Crippen molar-refractivity contribution >= 4 is 5.82 Å². The molecule has 0 bridgehead atoms. The molecule has 0 aliphatic rings. The summed E-state index contributed by atoms with van der Waals surface area (Å²) in [6.45, 7) is 4.04. The zero-order valence-electron chi connectivity index (χ0n) is 12.6. The van der Waals surface area contributed by atoms with Gasteiger partial charge >= 0.3 is 0 Å². The van der Waals surface area contributed by atoms with Gasteiger partial charge in [0, 0.05) is 16.8 Å². The van der Waals surface area contributed by atoms with E-state index < -0.39 is 0 Å². The molecule has 2 aromatic rings. The monoisotopic (exact) mass is 281 g/mol. The Morgan fingerprint density at radius 3 is 2.67 bits per heavy atom. The molecule has 0 aliphatic heterocycles. The van der Waals surface area contributed by atoms with Crippen LogP contribution < -0.4 is 10.5 Å². The van der Waals surface area contributed by atoms with Gasteiger partial charge in [0.05, 0.1) is 7.11 Å². The number of para-hydroxylation sites is 1. The summed E-state index contributed by atoms with van der Waals surface area (Å²) in [6.07, 6.45) is 1.82. The van der Waals surface area contributed by atoms with Crippen LogP contribution >= 0.6 is 0 Å². The van der Waals surface area contributed by atoms with E-state index in [2.05, 4.69) is 18.0 Å². The Kier molecular flexibility index (Phi) is 4.44. The number of nitrogens with two attached hydrogens (primary N) is 1. The molecule has 21 heavy (non-hydrogen) atoms. The quantitative estimate of drug-likeness (QED) is 0.931. The first kappa shape index (κ1) is 14.9. The molecule has 1 aromatic heterocycles. The van der Waals surface area contributed by atoms with Gasteiger partial charge in [-0.05, 0) is 25.0 Å². The van der Waals surface area contributed by atoms with E-state index in [1.54, 1.807) is 7.11 Å². The summed E-state index contributed by atoms with van der Waals surface area (Å²) < 4.78 is 5.44. The summed E-state index contributed by atoms with van der Waals surface area (Å²) >= 11 is 0. The van der Waals surface area contributed by atoms with Gasteiger partial charge in [-0.2, -0.15) is 5.26 Å². The third-order valence-corrected chi connectivity index (χ3v) is 3.52. The SMILES string of the molecule is CCCc1c(C)nc(N)c(C#N)c1-c1ccccc1OC. The minimum absolute atomic E-state index is 0.274. The van der Waals surface area contributed by atoms with Crippen LogP contribution in [0.1, 0.15) is 30.2 Å². The summed E-state index contributed by atoms with van der Waals surface area (Å²) in [7, 11) is 1.63. The van der Waals surface area contributed by atoms with E-state index in [9.17, 15) is 5.26 Å². The van der Waals surface area contributed by atoms with E-state index in [-0.39, 0.29) is 5.82 Å². The van der Waals surface area contributed by atoms with Crippen LogP contribution in [-0.4, -0.2) is 12.1 Å². The van der Waals surface area contributed by atoms with Gasteiger partial charge in [0.2, 0.25) is 0 Å². The minimum atomic E-state index is 0.274. The van der Waals surface area contributed by atoms with Gasteiger partial charge in [-0.1, -0.05) is 31.5 Å². The first-order chi connectivity index (χ1) is 10.1. The summed E-state index contributed by atoms with van der Waals surface area (Å²) in [6, 6.07) is 9.87. The first-order valence-corrected chi connectivity index (χ1v) is 6.96. The van der Waals surface area contributed by atoms with Crippen LogP contribution in [0.15, 0.2) is 24.3 Å². The molecule has 2 N–H and O–H groups in total. The van der Waals surface area contributed by atoms with Crippen molar-refractivity contribution in [2.24, 2.45) is 0 Å². The smallest absolute Gasteiger partial charge is 0.142 e. The molecule has 0 saturated heterocycles. The summed E-state index contributed by atoms with van der Waals surface area (Å²) in [5, 5.41) is 9.50. The number of ether oxygens (including phenoxy) is 1. The number of rotatable bonds is 4. The van der Waals surface area contributed by atoms with E-state index >= 15 is 0 Å². The molecule has 0 aliphatic carbocycles. The van der Waals surface area contributed by atoms with Crippen molar-refractivity contribution in [3.8, 4) is 22.9 Å². The standard InChI is InChI=1S/C17H19N3O/c1-4-7-12-11(2)20-17(19)14(10-18)16(12)13-8-5-6-9-15(13)21-3/h5-6,8-9H,4,7H2,1-3H3,(H2,19,20). The van der Waals surface area contributed by atoms with Gasteiger partial charge in [0.25, 0.3) is 0 Å². The molecule has 4 heteroatoms. The highest BCUT2D eigenvalue weighted by Gasteiger charge is 2.19. The molecule has 0 saturated carbocycles. The maximum Gasteiger partial charge on any atom is 0.142 e. The summed E-state index contributed by atoms with van der Waals surface area (Å²) in [4.78, 5) is 4.32. The van der Waals surface area contributed by atoms with Gasteiger partial charge in [0.15, 0.2) is 0 Å². The molecule has 2 rings (SSSR count). The number of benzene rings is 1. The Balaban J connectivity index is 2.85. The normalized spacial score (nSPS) is 10.2. The van der Waals surface area contributed by atoms with E-state index in [1.807, 2.05) is 31.2 Å². The maximum atomic E-state index is 9.50. The molecule has 1 heterocycles. The molecule has 108 valence electrons. The Bertz CT molecular complexity index is 702. The fourth-order valence-corrected chi connectivity index (χ4v) is 2.58. The number of hydrogen-bond donors (Lipinski definition) is 1. The largest absolute Gasteiger partial charge is 0.496 e. The molecular formula is C17H19N3O. The lowest BCUT2D eigenvalue weighted by atomic mass is 9.91. The van der Waals surface area contributed by atoms with Crippen LogP contribution in [0.3, 0.4) is 0 Å². The lowest BCUT2D eigenvalue weighted by Crippen LogP contribution is -2.06.